The van der Waals surface area contributed by atoms with Gasteiger partial charge in [-0.2, -0.15) is 0 Å². The van der Waals surface area contributed by atoms with Gasteiger partial charge in [0.2, 0.25) is 11.8 Å². The lowest BCUT2D eigenvalue weighted by molar-refractivity contribution is -0.131. The monoisotopic (exact) mass is 772 g/mol. The third kappa shape index (κ3) is 16.5. The van der Waals surface area contributed by atoms with Crippen molar-refractivity contribution >= 4 is 33.8 Å². The molecule has 4 amide bonds. The highest BCUT2D eigenvalue weighted by Crippen LogP contribution is 2.28. The summed E-state index contributed by atoms with van der Waals surface area (Å²) in [7, 11) is -3.65. The Morgan fingerprint density at radius 3 is 2.00 bits per heavy atom. The number of alkyl carbamates (subject to hydrolysis) is 2. The zero-order chi connectivity index (χ0) is 39.7. The maximum absolute atomic E-state index is 14.1. The molecule has 1 saturated carbocycles. The van der Waals surface area contributed by atoms with E-state index in [1.165, 1.54) is 0 Å². The molecule has 0 bridgehead atoms. The highest BCUT2D eigenvalue weighted by molar-refractivity contribution is 7.92. The van der Waals surface area contributed by atoms with Gasteiger partial charge in [-0.25, -0.2) is 18.0 Å². The largest absolute Gasteiger partial charge is 0.445 e. The van der Waals surface area contributed by atoms with Gasteiger partial charge in [-0.1, -0.05) is 92.8 Å². The van der Waals surface area contributed by atoms with Gasteiger partial charge in [0.1, 0.15) is 24.3 Å². The molecule has 2 aromatic carbocycles. The van der Waals surface area contributed by atoms with E-state index in [1.807, 2.05) is 60.7 Å². The van der Waals surface area contributed by atoms with Crippen molar-refractivity contribution < 1.29 is 42.2 Å². The zero-order valence-corrected chi connectivity index (χ0v) is 33.2. The Hall–Kier alpha value is -4.17. The lowest BCUT2D eigenvalue weighted by atomic mass is 9.83. The third-order valence-electron chi connectivity index (χ3n) is 9.30. The predicted molar refractivity (Wildman–Crippen MR) is 207 cm³/mol. The maximum atomic E-state index is 14.1. The van der Waals surface area contributed by atoms with Gasteiger partial charge in [0.15, 0.2) is 9.84 Å². The number of aliphatic hydroxyl groups excluding tert-OH is 1. The molecule has 4 atom stereocenters. The summed E-state index contributed by atoms with van der Waals surface area (Å²) in [6.45, 7) is 8.41. The van der Waals surface area contributed by atoms with Crippen LogP contribution in [0.4, 0.5) is 9.59 Å². The Bertz CT molecular complexity index is 1580. The number of nitrogens with one attached hydrogen (secondary N) is 4. The second-order valence-corrected chi connectivity index (χ2v) is 18.0. The second kappa shape index (κ2) is 21.7. The molecule has 0 aromatic heterocycles. The molecule has 3 rings (SSSR count). The maximum Gasteiger partial charge on any atom is 0.408 e. The lowest BCUT2D eigenvalue weighted by Gasteiger charge is -2.32. The summed E-state index contributed by atoms with van der Waals surface area (Å²) < 4.78 is 36.4. The predicted octanol–water partition coefficient (Wildman–Crippen LogP) is 4.95. The third-order valence-corrected chi connectivity index (χ3v) is 11.5. The summed E-state index contributed by atoms with van der Waals surface area (Å²) in [4.78, 5) is 53.3. The quantitative estimate of drug-likeness (QED) is 0.123. The van der Waals surface area contributed by atoms with E-state index in [0.29, 0.717) is 6.42 Å². The summed E-state index contributed by atoms with van der Waals surface area (Å²) in [6, 6.07) is 15.1. The van der Waals surface area contributed by atoms with Crippen LogP contribution in [0.15, 0.2) is 60.7 Å². The number of sulfone groups is 1. The molecule has 300 valence electrons. The van der Waals surface area contributed by atoms with Crippen LogP contribution in [0.2, 0.25) is 0 Å². The molecular formula is C40H60N4O9S. The second-order valence-electron chi connectivity index (χ2n) is 15.4. The average molecular weight is 773 g/mol. The molecule has 0 saturated heterocycles. The molecule has 13 nitrogen and oxygen atoms in total. The van der Waals surface area contributed by atoms with Crippen LogP contribution < -0.4 is 21.3 Å². The molecule has 1 aliphatic carbocycles. The minimum Gasteiger partial charge on any atom is -0.445 e. The first-order valence-electron chi connectivity index (χ1n) is 19.0. The van der Waals surface area contributed by atoms with Gasteiger partial charge < -0.3 is 35.8 Å². The number of hydrogen-bond acceptors (Lipinski definition) is 9. The molecule has 54 heavy (non-hydrogen) atoms. The van der Waals surface area contributed by atoms with Crippen molar-refractivity contribution in [3.8, 4) is 0 Å². The van der Waals surface area contributed by atoms with E-state index in [0.717, 1.165) is 43.2 Å². The molecular weight excluding hydrogens is 713 g/mol. The van der Waals surface area contributed by atoms with Crippen LogP contribution in [0, 0.1) is 5.92 Å². The van der Waals surface area contributed by atoms with E-state index in [-0.39, 0.29) is 38.3 Å². The molecule has 0 aliphatic heterocycles. The van der Waals surface area contributed by atoms with Crippen molar-refractivity contribution in [1.82, 2.24) is 21.3 Å². The molecule has 0 heterocycles. The van der Waals surface area contributed by atoms with E-state index < -0.39 is 74.7 Å². The zero-order valence-electron chi connectivity index (χ0n) is 32.3. The van der Waals surface area contributed by atoms with Gasteiger partial charge in [0.25, 0.3) is 0 Å². The van der Waals surface area contributed by atoms with Crippen molar-refractivity contribution in [3.63, 3.8) is 0 Å². The Labute approximate surface area is 320 Å². The number of rotatable bonds is 19. The Kier molecular flexibility index (Phi) is 17.7. The van der Waals surface area contributed by atoms with Crippen molar-refractivity contribution in [3.05, 3.63) is 71.8 Å². The number of carbonyl (C=O) groups is 4. The molecule has 14 heteroatoms. The summed E-state index contributed by atoms with van der Waals surface area (Å²) in [5.41, 5.74) is 0.755. The van der Waals surface area contributed by atoms with E-state index in [1.54, 1.807) is 34.6 Å². The van der Waals surface area contributed by atoms with Crippen molar-refractivity contribution in [2.75, 3.05) is 12.3 Å². The standard InChI is InChI=1S/C40H60N4O9S/c1-28(2)54(50,51)27-35(45)33(24-29-16-9-6-10-17-29)43-36(46)32(22-15-23-41-38(48)52-26-31-20-13-8-14-21-31)42-37(47)34(25-30-18-11-7-12-19-30)44-39(49)53-40(3,4)5/h7-8,11-14,18-21,28-29,32-35,45H,6,9-10,15-17,22-27H2,1-5H3,(H,41,48)(H,42,47)(H,43,46)(H,44,49)/t32-,33-,34-,35-/m0/s1. The number of hydrogen-bond donors (Lipinski definition) is 5. The van der Waals surface area contributed by atoms with Crippen LogP contribution in [0.1, 0.15) is 97.1 Å². The summed E-state index contributed by atoms with van der Waals surface area (Å²) in [6.07, 6.45) is 2.91. The van der Waals surface area contributed by atoms with Gasteiger partial charge in [-0.15, -0.1) is 0 Å². The van der Waals surface area contributed by atoms with E-state index in [2.05, 4.69) is 21.3 Å². The topological polar surface area (TPSA) is 189 Å². The molecule has 5 N–H and O–H groups in total. The SMILES string of the molecule is CC(C)S(=O)(=O)C[C@H](O)[C@H](CC1CCCCC1)NC(=O)[C@H](CCCNC(=O)OCc1ccccc1)NC(=O)[C@H](Cc1ccccc1)NC(=O)OC(C)(C)C. The van der Waals surface area contributed by atoms with Crippen LogP contribution in [-0.2, 0) is 41.9 Å². The van der Waals surface area contributed by atoms with Crippen molar-refractivity contribution in [2.24, 2.45) is 5.92 Å². The molecule has 1 fully saturated rings. The van der Waals surface area contributed by atoms with Crippen LogP contribution in [0.3, 0.4) is 0 Å². The Morgan fingerprint density at radius 1 is 0.815 bits per heavy atom. The molecule has 2 aromatic rings. The molecule has 1 aliphatic rings. The fourth-order valence-corrected chi connectivity index (χ4v) is 7.34. The van der Waals surface area contributed by atoms with Gasteiger partial charge in [-0.05, 0) is 70.9 Å². The van der Waals surface area contributed by atoms with Gasteiger partial charge in [0.05, 0.1) is 23.1 Å². The molecule has 0 unspecified atom stereocenters. The summed E-state index contributed by atoms with van der Waals surface area (Å²) in [5.74, 6) is -1.60. The van der Waals surface area contributed by atoms with E-state index in [4.69, 9.17) is 9.47 Å². The minimum absolute atomic E-state index is 0.0670. The van der Waals surface area contributed by atoms with E-state index >= 15 is 0 Å². The molecule has 0 radical (unpaired) electrons. The minimum atomic E-state index is -3.65. The first-order chi connectivity index (χ1) is 25.5. The first-order valence-corrected chi connectivity index (χ1v) is 20.7. The Balaban J connectivity index is 1.80. The van der Waals surface area contributed by atoms with Gasteiger partial charge in [0, 0.05) is 13.0 Å². The van der Waals surface area contributed by atoms with Crippen molar-refractivity contribution in [2.45, 2.75) is 134 Å². The number of ether oxygens (including phenoxy) is 2. The van der Waals surface area contributed by atoms with Gasteiger partial charge in [-0.3, -0.25) is 9.59 Å². The highest BCUT2D eigenvalue weighted by atomic mass is 32.2. The van der Waals surface area contributed by atoms with Gasteiger partial charge >= 0.3 is 12.2 Å². The first kappa shape index (κ1) is 44.2. The molecule has 0 spiro atoms. The average Bonchev–Trinajstić information content (AvgIpc) is 3.11. The van der Waals surface area contributed by atoms with Crippen LogP contribution in [0.5, 0.6) is 0 Å². The van der Waals surface area contributed by atoms with Crippen LogP contribution in [0.25, 0.3) is 0 Å². The highest BCUT2D eigenvalue weighted by Gasteiger charge is 2.34. The number of benzene rings is 2. The lowest BCUT2D eigenvalue weighted by Crippen LogP contribution is -2.57. The van der Waals surface area contributed by atoms with Crippen molar-refractivity contribution in [1.29, 1.82) is 0 Å². The number of amides is 4. The fraction of sp³-hybridized carbons (Fsp3) is 0.600. The smallest absolute Gasteiger partial charge is 0.408 e. The Morgan fingerprint density at radius 2 is 1.41 bits per heavy atom. The summed E-state index contributed by atoms with van der Waals surface area (Å²) in [5, 5.41) is 21.6. The normalized spacial score (nSPS) is 16.0. The number of aliphatic hydroxyl groups is 1. The van der Waals surface area contributed by atoms with Crippen LogP contribution in [-0.4, -0.2) is 84.9 Å². The van der Waals surface area contributed by atoms with Crippen LogP contribution >= 0.6 is 0 Å². The number of carbonyl (C=O) groups excluding carboxylic acids is 4. The van der Waals surface area contributed by atoms with E-state index in [9.17, 15) is 32.7 Å². The summed E-state index contributed by atoms with van der Waals surface area (Å²) >= 11 is 0. The fourth-order valence-electron chi connectivity index (χ4n) is 6.24.